The van der Waals surface area contributed by atoms with Crippen LogP contribution in [-0.2, 0) is 0 Å². The minimum atomic E-state index is 0. The molecule has 0 aliphatic carbocycles. The van der Waals surface area contributed by atoms with Crippen LogP contribution in [0.3, 0.4) is 0 Å². The lowest BCUT2D eigenvalue weighted by atomic mass is 10.1. The number of piperidine rings is 1. The van der Waals surface area contributed by atoms with Crippen LogP contribution in [0.25, 0.3) is 20.5 Å². The molecule has 3 aromatic carbocycles. The Hall–Kier alpha value is -2.73. The Morgan fingerprint density at radius 3 is 2.29 bits per heavy atom. The lowest BCUT2D eigenvalue weighted by Gasteiger charge is -2.26. The van der Waals surface area contributed by atoms with Crippen LogP contribution in [-0.4, -0.2) is 36.2 Å². The summed E-state index contributed by atoms with van der Waals surface area (Å²) in [5.41, 5.74) is 2.32. The average Bonchev–Trinajstić information content (AvgIpc) is 3.18. The third-order valence-corrected chi connectivity index (χ3v) is 7.29. The number of thiophene rings is 1. The number of phenols is 1. The number of hydrogen-bond acceptors (Lipinski definition) is 5. The molecular weight excluding hydrogens is 478 g/mol. The van der Waals surface area contributed by atoms with Crippen LogP contribution in [0.1, 0.15) is 32.3 Å². The third kappa shape index (κ3) is 6.49. The van der Waals surface area contributed by atoms with Gasteiger partial charge in [-0.05, 0) is 80.9 Å². The van der Waals surface area contributed by atoms with Gasteiger partial charge in [0.2, 0.25) is 0 Å². The maximum absolute atomic E-state index is 9.96. The molecule has 0 bridgehead atoms. The van der Waals surface area contributed by atoms with Crippen molar-refractivity contribution < 1.29 is 14.6 Å². The second-order valence-electron chi connectivity index (χ2n) is 8.63. The first-order valence-corrected chi connectivity index (χ1v) is 12.4. The van der Waals surface area contributed by atoms with E-state index < -0.39 is 0 Å². The minimum Gasteiger partial charge on any atom is -0.508 e. The fourth-order valence-corrected chi connectivity index (χ4v) is 5.42. The van der Waals surface area contributed by atoms with Gasteiger partial charge in [-0.15, -0.1) is 23.7 Å². The highest BCUT2D eigenvalue weighted by Gasteiger charge is 2.17. The van der Waals surface area contributed by atoms with E-state index in [1.807, 2.05) is 30.3 Å². The Bertz CT molecular complexity index is 1220. The molecule has 0 unspecified atom stereocenters. The first kappa shape index (κ1) is 26.9. The molecule has 0 atom stereocenters. The van der Waals surface area contributed by atoms with E-state index in [4.69, 9.17) is 9.47 Å². The van der Waals surface area contributed by atoms with Crippen molar-refractivity contribution in [2.24, 2.45) is 0 Å². The van der Waals surface area contributed by atoms with Gasteiger partial charge < -0.3 is 14.6 Å². The third-order valence-electron chi connectivity index (χ3n) is 6.11. The van der Waals surface area contributed by atoms with Crippen molar-refractivity contribution in [3.8, 4) is 33.4 Å². The Balaban J connectivity index is 0.00000171. The van der Waals surface area contributed by atoms with E-state index in [1.54, 1.807) is 23.5 Å². The summed E-state index contributed by atoms with van der Waals surface area (Å²) in [6.45, 7) is 6.14. The molecule has 0 saturated carbocycles. The molecule has 2 heterocycles. The van der Waals surface area contributed by atoms with Gasteiger partial charge in [0.25, 0.3) is 0 Å². The SMILES string of the molecule is C.Cc1ccc(-c2sc3cc(O)ccc3c2Oc2ccc(OCCN3CCCCC3)cc2)cc1.Cl. The van der Waals surface area contributed by atoms with Gasteiger partial charge in [-0.3, -0.25) is 4.90 Å². The van der Waals surface area contributed by atoms with Crippen LogP contribution in [0.4, 0.5) is 0 Å². The van der Waals surface area contributed by atoms with E-state index in [9.17, 15) is 5.11 Å². The van der Waals surface area contributed by atoms with Gasteiger partial charge in [-0.25, -0.2) is 0 Å². The first-order chi connectivity index (χ1) is 16.2. The molecule has 1 fully saturated rings. The zero-order valence-corrected chi connectivity index (χ0v) is 21.0. The number of likely N-dealkylation sites (tertiary alicyclic amines) is 1. The fourth-order valence-electron chi connectivity index (χ4n) is 4.26. The number of rotatable bonds is 7. The summed E-state index contributed by atoms with van der Waals surface area (Å²) in [6, 6.07) is 21.7. The number of phenolic OH excluding ortho intramolecular Hbond substituents is 1. The number of halogens is 1. The summed E-state index contributed by atoms with van der Waals surface area (Å²) in [6.07, 6.45) is 3.95. The Morgan fingerprint density at radius 2 is 1.57 bits per heavy atom. The topological polar surface area (TPSA) is 41.9 Å². The molecule has 1 saturated heterocycles. The van der Waals surface area contributed by atoms with E-state index in [1.165, 1.54) is 37.9 Å². The number of fused-ring (bicyclic) bond motifs is 1. The lowest BCUT2D eigenvalue weighted by Crippen LogP contribution is -2.33. The number of aromatic hydroxyl groups is 1. The van der Waals surface area contributed by atoms with Gasteiger partial charge in [0.05, 0.1) is 4.88 Å². The van der Waals surface area contributed by atoms with E-state index in [0.717, 1.165) is 44.3 Å². The highest BCUT2D eigenvalue weighted by atomic mass is 35.5. The van der Waals surface area contributed by atoms with Crippen LogP contribution >= 0.6 is 23.7 Å². The van der Waals surface area contributed by atoms with Crippen LogP contribution in [0.5, 0.6) is 23.0 Å². The number of aryl methyl sites for hydroxylation is 1. The predicted octanol–water partition coefficient (Wildman–Crippen LogP) is 8.30. The molecule has 4 nitrogen and oxygen atoms in total. The van der Waals surface area contributed by atoms with Gasteiger partial charge in [0.15, 0.2) is 5.75 Å². The van der Waals surface area contributed by atoms with Gasteiger partial charge >= 0.3 is 0 Å². The lowest BCUT2D eigenvalue weighted by molar-refractivity contribution is 0.183. The molecule has 0 spiro atoms. The minimum absolute atomic E-state index is 0. The summed E-state index contributed by atoms with van der Waals surface area (Å²) in [5.74, 6) is 2.70. The smallest absolute Gasteiger partial charge is 0.153 e. The number of ether oxygens (including phenoxy) is 2. The molecule has 0 amide bonds. The maximum atomic E-state index is 9.96. The molecule has 1 N–H and O–H groups in total. The zero-order chi connectivity index (χ0) is 22.6. The molecule has 0 radical (unpaired) electrons. The normalized spacial score (nSPS) is 13.6. The Labute approximate surface area is 218 Å². The standard InChI is InChI=1S/C28H29NO3S.CH4.ClH/c1-20-5-7-21(8-6-20)28-27(25-14-9-22(30)19-26(25)33-28)32-24-12-10-23(11-13-24)31-18-17-29-15-3-2-4-16-29;;/h5-14,19,30H,2-4,15-18H2,1H3;1H4;1H. The number of benzene rings is 3. The first-order valence-electron chi connectivity index (χ1n) is 11.6. The monoisotopic (exact) mass is 511 g/mol. The summed E-state index contributed by atoms with van der Waals surface area (Å²) < 4.78 is 13.4. The Kier molecular flexibility index (Phi) is 9.44. The van der Waals surface area contributed by atoms with Crippen molar-refractivity contribution in [3.63, 3.8) is 0 Å². The number of hydrogen-bond donors (Lipinski definition) is 1. The van der Waals surface area contributed by atoms with Crippen LogP contribution < -0.4 is 9.47 Å². The molecule has 5 rings (SSSR count). The van der Waals surface area contributed by atoms with Crippen LogP contribution in [0.15, 0.2) is 66.7 Å². The summed E-state index contributed by atoms with van der Waals surface area (Å²) in [7, 11) is 0. The molecule has 1 aliphatic rings. The van der Waals surface area contributed by atoms with Crippen molar-refractivity contribution in [3.05, 3.63) is 72.3 Å². The summed E-state index contributed by atoms with van der Waals surface area (Å²) in [4.78, 5) is 3.53. The Morgan fingerprint density at radius 1 is 0.886 bits per heavy atom. The van der Waals surface area contributed by atoms with Gasteiger partial charge in [0.1, 0.15) is 23.9 Å². The largest absolute Gasteiger partial charge is 0.508 e. The van der Waals surface area contributed by atoms with Crippen molar-refractivity contribution in [1.82, 2.24) is 4.90 Å². The molecular formula is C29H34ClNO3S. The molecule has 1 aliphatic heterocycles. The van der Waals surface area contributed by atoms with Crippen LogP contribution in [0, 0.1) is 6.92 Å². The van der Waals surface area contributed by atoms with E-state index in [-0.39, 0.29) is 25.6 Å². The predicted molar refractivity (Wildman–Crippen MR) is 150 cm³/mol. The van der Waals surface area contributed by atoms with Gasteiger partial charge in [-0.1, -0.05) is 43.7 Å². The second kappa shape index (κ2) is 12.3. The van der Waals surface area contributed by atoms with Gasteiger partial charge in [0, 0.05) is 16.6 Å². The zero-order valence-electron chi connectivity index (χ0n) is 19.3. The second-order valence-corrected chi connectivity index (χ2v) is 9.68. The molecule has 1 aromatic heterocycles. The molecule has 6 heteroatoms. The molecule has 186 valence electrons. The average molecular weight is 512 g/mol. The highest BCUT2D eigenvalue weighted by Crippen LogP contribution is 2.47. The fraction of sp³-hybridized carbons (Fsp3) is 0.310. The van der Waals surface area contributed by atoms with Crippen molar-refractivity contribution in [2.75, 3.05) is 26.2 Å². The van der Waals surface area contributed by atoms with Gasteiger partial charge in [-0.2, -0.15) is 0 Å². The summed E-state index contributed by atoms with van der Waals surface area (Å²) in [5, 5.41) is 11.0. The molecule has 4 aromatic rings. The summed E-state index contributed by atoms with van der Waals surface area (Å²) >= 11 is 1.63. The van der Waals surface area contributed by atoms with E-state index in [2.05, 4.69) is 36.1 Å². The molecule has 35 heavy (non-hydrogen) atoms. The number of nitrogens with zero attached hydrogens (tertiary/aromatic N) is 1. The van der Waals surface area contributed by atoms with Crippen LogP contribution in [0.2, 0.25) is 0 Å². The highest BCUT2D eigenvalue weighted by molar-refractivity contribution is 7.22. The van der Waals surface area contributed by atoms with E-state index >= 15 is 0 Å². The maximum Gasteiger partial charge on any atom is 0.153 e. The van der Waals surface area contributed by atoms with Crippen molar-refractivity contribution >= 4 is 33.8 Å². The quantitative estimate of drug-likeness (QED) is 0.271. The van der Waals surface area contributed by atoms with Crippen molar-refractivity contribution in [1.29, 1.82) is 0 Å². The van der Waals surface area contributed by atoms with E-state index in [0.29, 0.717) is 6.61 Å². The van der Waals surface area contributed by atoms with Crippen molar-refractivity contribution in [2.45, 2.75) is 33.6 Å².